The molecule has 3 atom stereocenters. The van der Waals surface area contributed by atoms with Crippen LogP contribution in [0.5, 0.6) is 0 Å². The number of halogens is 1. The van der Waals surface area contributed by atoms with Crippen molar-refractivity contribution in [2.75, 3.05) is 4.43 Å². The molecule has 1 saturated heterocycles. The summed E-state index contributed by atoms with van der Waals surface area (Å²) in [4.78, 5) is 0.117. The fraction of sp³-hybridized carbons (Fsp3) is 0.500. The van der Waals surface area contributed by atoms with Crippen molar-refractivity contribution in [1.29, 1.82) is 0 Å². The van der Waals surface area contributed by atoms with E-state index in [1.807, 2.05) is 6.92 Å². The zero-order valence-corrected chi connectivity index (χ0v) is 13.3. The SMILES string of the molecule is Cc1ccc(S(=O)(=O)O[C@H]2C[C@H](O)O[C@@H]2CI)cc1. The minimum Gasteiger partial charge on any atom is -0.368 e. The Morgan fingerprint density at radius 2 is 2.05 bits per heavy atom. The maximum absolute atomic E-state index is 12.1. The van der Waals surface area contributed by atoms with Gasteiger partial charge in [-0.3, -0.25) is 4.18 Å². The molecular weight excluding hydrogens is 383 g/mol. The third-order valence-corrected chi connectivity index (χ3v) is 5.11. The lowest BCUT2D eigenvalue weighted by atomic mass is 10.2. The van der Waals surface area contributed by atoms with Crippen molar-refractivity contribution in [2.24, 2.45) is 0 Å². The monoisotopic (exact) mass is 398 g/mol. The van der Waals surface area contributed by atoms with Crippen molar-refractivity contribution in [3.05, 3.63) is 29.8 Å². The van der Waals surface area contributed by atoms with Gasteiger partial charge in [-0.05, 0) is 19.1 Å². The van der Waals surface area contributed by atoms with Crippen LogP contribution in [0.15, 0.2) is 29.2 Å². The van der Waals surface area contributed by atoms with E-state index in [9.17, 15) is 13.5 Å². The Morgan fingerprint density at radius 1 is 1.42 bits per heavy atom. The summed E-state index contributed by atoms with van der Waals surface area (Å²) in [6.45, 7) is 1.88. The summed E-state index contributed by atoms with van der Waals surface area (Å²) in [6, 6.07) is 6.45. The van der Waals surface area contributed by atoms with Crippen LogP contribution in [0.3, 0.4) is 0 Å². The highest BCUT2D eigenvalue weighted by Crippen LogP contribution is 2.27. The normalized spacial score (nSPS) is 27.6. The fourth-order valence-electron chi connectivity index (χ4n) is 1.86. The van der Waals surface area contributed by atoms with Crippen molar-refractivity contribution in [3.8, 4) is 0 Å². The third-order valence-electron chi connectivity index (χ3n) is 2.89. The molecule has 0 unspecified atom stereocenters. The third kappa shape index (κ3) is 3.66. The van der Waals surface area contributed by atoms with E-state index in [0.717, 1.165) is 5.56 Å². The first-order chi connectivity index (χ1) is 8.92. The summed E-state index contributed by atoms with van der Waals surface area (Å²) in [7, 11) is -3.82. The summed E-state index contributed by atoms with van der Waals surface area (Å²) >= 11 is 2.07. The Bertz CT molecular complexity index is 528. The second-order valence-corrected chi connectivity index (χ2v) is 6.87. The molecule has 7 heteroatoms. The molecule has 1 aromatic rings. The van der Waals surface area contributed by atoms with Gasteiger partial charge in [-0.15, -0.1) is 0 Å². The van der Waals surface area contributed by atoms with Crippen molar-refractivity contribution < 1.29 is 22.4 Å². The highest BCUT2D eigenvalue weighted by atomic mass is 127. The van der Waals surface area contributed by atoms with Crippen molar-refractivity contribution in [3.63, 3.8) is 0 Å². The molecule has 1 aliphatic heterocycles. The number of aliphatic hydroxyl groups excluding tert-OH is 1. The standard InChI is InChI=1S/C12H15IO5S/c1-8-2-4-9(5-3-8)19(15,16)18-10-6-12(14)17-11(10)7-13/h2-5,10-12,14H,6-7H2,1H3/t10-,11+,12+/m0/s1. The summed E-state index contributed by atoms with van der Waals surface area (Å²) in [5.74, 6) is 0. The van der Waals surface area contributed by atoms with Crippen LogP contribution in [0.1, 0.15) is 12.0 Å². The second kappa shape index (κ2) is 6.04. The van der Waals surface area contributed by atoms with Crippen LogP contribution in [0.4, 0.5) is 0 Å². The van der Waals surface area contributed by atoms with E-state index in [4.69, 9.17) is 8.92 Å². The molecule has 1 aromatic carbocycles. The van der Waals surface area contributed by atoms with Gasteiger partial charge in [-0.1, -0.05) is 40.3 Å². The molecule has 19 heavy (non-hydrogen) atoms. The molecule has 0 aromatic heterocycles. The summed E-state index contributed by atoms with van der Waals surface area (Å²) in [5, 5.41) is 9.40. The van der Waals surface area contributed by atoms with E-state index in [0.29, 0.717) is 4.43 Å². The van der Waals surface area contributed by atoms with Crippen LogP contribution in [0, 0.1) is 6.92 Å². The number of aryl methyl sites for hydroxylation is 1. The van der Waals surface area contributed by atoms with Crippen LogP contribution in [-0.4, -0.2) is 36.4 Å². The maximum Gasteiger partial charge on any atom is 0.297 e. The predicted octanol–water partition coefficient (Wildman–Crippen LogP) is 1.61. The van der Waals surface area contributed by atoms with Gasteiger partial charge >= 0.3 is 0 Å². The van der Waals surface area contributed by atoms with E-state index in [2.05, 4.69) is 22.6 Å². The van der Waals surface area contributed by atoms with Gasteiger partial charge in [0.05, 0.1) is 11.0 Å². The van der Waals surface area contributed by atoms with E-state index >= 15 is 0 Å². The van der Waals surface area contributed by atoms with E-state index in [-0.39, 0.29) is 11.3 Å². The van der Waals surface area contributed by atoms with Gasteiger partial charge in [-0.25, -0.2) is 0 Å². The Morgan fingerprint density at radius 3 is 2.63 bits per heavy atom. The molecule has 1 N–H and O–H groups in total. The maximum atomic E-state index is 12.1. The molecule has 106 valence electrons. The first kappa shape index (κ1) is 15.2. The second-order valence-electron chi connectivity index (χ2n) is 4.42. The van der Waals surface area contributed by atoms with Crippen LogP contribution >= 0.6 is 22.6 Å². The molecule has 2 rings (SSSR count). The summed E-state index contributed by atoms with van der Waals surface area (Å²) in [6.07, 6.45) is -1.84. The Balaban J connectivity index is 2.15. The molecule has 0 saturated carbocycles. The lowest BCUT2D eigenvalue weighted by Gasteiger charge is -2.16. The Labute approximate surface area is 126 Å². The molecule has 1 aliphatic rings. The number of rotatable bonds is 4. The molecule has 1 fully saturated rings. The highest BCUT2D eigenvalue weighted by molar-refractivity contribution is 14.1. The Kier molecular flexibility index (Phi) is 4.83. The molecule has 0 spiro atoms. The van der Waals surface area contributed by atoms with Crippen LogP contribution in [0.2, 0.25) is 0 Å². The number of benzene rings is 1. The van der Waals surface area contributed by atoms with Crippen LogP contribution in [0.25, 0.3) is 0 Å². The van der Waals surface area contributed by atoms with Crippen LogP contribution < -0.4 is 0 Å². The zero-order valence-electron chi connectivity index (χ0n) is 10.3. The zero-order chi connectivity index (χ0) is 14.0. The van der Waals surface area contributed by atoms with E-state index in [1.54, 1.807) is 12.1 Å². The van der Waals surface area contributed by atoms with Crippen molar-refractivity contribution >= 4 is 32.7 Å². The number of hydrogen-bond acceptors (Lipinski definition) is 5. The van der Waals surface area contributed by atoms with Gasteiger partial charge in [0.15, 0.2) is 6.29 Å². The Hall–Kier alpha value is -0.220. The first-order valence-electron chi connectivity index (χ1n) is 5.82. The molecule has 0 bridgehead atoms. The van der Waals surface area contributed by atoms with E-state index < -0.39 is 28.6 Å². The van der Waals surface area contributed by atoms with Gasteiger partial charge in [0.1, 0.15) is 6.10 Å². The lowest BCUT2D eigenvalue weighted by Crippen LogP contribution is -2.28. The predicted molar refractivity (Wildman–Crippen MR) is 77.6 cm³/mol. The molecule has 0 radical (unpaired) electrons. The van der Waals surface area contributed by atoms with Gasteiger partial charge in [0.2, 0.25) is 0 Å². The van der Waals surface area contributed by atoms with Crippen molar-refractivity contribution in [2.45, 2.75) is 36.7 Å². The summed E-state index contributed by atoms with van der Waals surface area (Å²) in [5.41, 5.74) is 0.976. The first-order valence-corrected chi connectivity index (χ1v) is 8.75. The summed E-state index contributed by atoms with van der Waals surface area (Å²) < 4.78 is 35.1. The molecule has 0 amide bonds. The number of aliphatic hydroxyl groups is 1. The van der Waals surface area contributed by atoms with Crippen molar-refractivity contribution in [1.82, 2.24) is 0 Å². The molecule has 0 aliphatic carbocycles. The molecule has 5 nitrogen and oxygen atoms in total. The van der Waals surface area contributed by atoms with Gasteiger partial charge in [-0.2, -0.15) is 8.42 Å². The smallest absolute Gasteiger partial charge is 0.297 e. The molecule has 1 heterocycles. The van der Waals surface area contributed by atoms with Gasteiger partial charge in [0, 0.05) is 10.8 Å². The fourth-order valence-corrected chi connectivity index (χ4v) is 3.74. The quantitative estimate of drug-likeness (QED) is 0.474. The highest BCUT2D eigenvalue weighted by Gasteiger charge is 2.37. The largest absolute Gasteiger partial charge is 0.368 e. The van der Waals surface area contributed by atoms with E-state index in [1.165, 1.54) is 12.1 Å². The minimum atomic E-state index is -3.82. The average molecular weight is 398 g/mol. The van der Waals surface area contributed by atoms with Crippen LogP contribution in [-0.2, 0) is 19.0 Å². The van der Waals surface area contributed by atoms with Gasteiger partial charge in [0.25, 0.3) is 10.1 Å². The molecular formula is C12H15IO5S. The number of alkyl halides is 1. The minimum absolute atomic E-state index is 0.117. The number of hydrogen-bond donors (Lipinski definition) is 1. The lowest BCUT2D eigenvalue weighted by molar-refractivity contribution is -0.0859. The van der Waals surface area contributed by atoms with Gasteiger partial charge < -0.3 is 9.84 Å². The average Bonchev–Trinajstić information content (AvgIpc) is 2.69. The number of ether oxygens (including phenoxy) is 1. The topological polar surface area (TPSA) is 72.8 Å².